The van der Waals surface area contributed by atoms with Gasteiger partial charge in [0, 0.05) is 42.3 Å². The fourth-order valence-corrected chi connectivity index (χ4v) is 7.65. The largest absolute Gasteiger partial charge is 0.418 e. The number of aromatic nitrogens is 5. The Balaban J connectivity index is 1.42. The average molecular weight is 545 g/mol. The van der Waals surface area contributed by atoms with Gasteiger partial charge in [-0.15, -0.1) is 21.5 Å². The molecule has 0 radical (unpaired) electrons. The van der Waals surface area contributed by atoms with E-state index in [1.54, 1.807) is 12.4 Å². The maximum Gasteiger partial charge on any atom is 0.418 e. The lowest BCUT2D eigenvalue weighted by molar-refractivity contribution is -0.136. The quantitative estimate of drug-likeness (QED) is 0.362. The summed E-state index contributed by atoms with van der Waals surface area (Å²) >= 11 is 1.35. The van der Waals surface area contributed by atoms with Crippen molar-refractivity contribution in [3.05, 3.63) is 63.0 Å². The van der Waals surface area contributed by atoms with Gasteiger partial charge in [-0.05, 0) is 62.3 Å². The number of likely N-dealkylation sites (tertiary alicyclic amines) is 1. The normalized spacial score (nSPS) is 24.7. The zero-order valence-corrected chi connectivity index (χ0v) is 22.5. The Morgan fingerprint density at radius 1 is 1.21 bits per heavy atom. The van der Waals surface area contributed by atoms with Crippen LogP contribution in [0.4, 0.5) is 13.2 Å². The molecule has 1 N–H and O–H groups in total. The van der Waals surface area contributed by atoms with Gasteiger partial charge < -0.3 is 9.55 Å². The molecule has 7 nitrogen and oxygen atoms in total. The number of nitrogens with zero attached hydrogens (tertiary/aromatic N) is 5. The van der Waals surface area contributed by atoms with E-state index in [9.17, 15) is 18.0 Å². The Hall–Kier alpha value is -2.92. The van der Waals surface area contributed by atoms with Crippen LogP contribution in [-0.2, 0) is 25.2 Å². The number of hydrogen-bond donors (Lipinski definition) is 1. The molecule has 0 aromatic carbocycles. The van der Waals surface area contributed by atoms with Crippen LogP contribution in [0, 0.1) is 11.8 Å². The highest BCUT2D eigenvalue weighted by Gasteiger charge is 2.49. The van der Waals surface area contributed by atoms with Crippen molar-refractivity contribution in [3.63, 3.8) is 0 Å². The highest BCUT2D eigenvalue weighted by atomic mass is 32.1. The lowest BCUT2D eigenvalue weighted by atomic mass is 9.61. The maximum atomic E-state index is 14.2. The number of rotatable bonds is 5. The van der Waals surface area contributed by atoms with Gasteiger partial charge in [-0.25, -0.2) is 0 Å². The maximum absolute atomic E-state index is 14.2. The van der Waals surface area contributed by atoms with Crippen molar-refractivity contribution < 1.29 is 13.2 Å². The summed E-state index contributed by atoms with van der Waals surface area (Å²) < 4.78 is 45.8. The highest BCUT2D eigenvalue weighted by molar-refractivity contribution is 7.14. The Bertz CT molecular complexity index is 1540. The average Bonchev–Trinajstić information content (AvgIpc) is 3.57. The number of aryl methyl sites for hydroxylation is 1. The summed E-state index contributed by atoms with van der Waals surface area (Å²) in [5, 5.41) is 8.79. The predicted molar refractivity (Wildman–Crippen MR) is 141 cm³/mol. The molecular weight excluding hydrogens is 513 g/mol. The third-order valence-corrected chi connectivity index (χ3v) is 9.42. The van der Waals surface area contributed by atoms with E-state index in [-0.39, 0.29) is 16.3 Å². The lowest BCUT2D eigenvalue weighted by Crippen LogP contribution is -2.42. The molecule has 0 unspecified atom stereocenters. The van der Waals surface area contributed by atoms with Crippen LogP contribution < -0.4 is 5.56 Å². The van der Waals surface area contributed by atoms with Crippen LogP contribution in [0.1, 0.15) is 61.5 Å². The first-order valence-electron chi connectivity index (χ1n) is 13.1. The molecule has 5 heterocycles. The first kappa shape index (κ1) is 25.4. The molecule has 1 saturated carbocycles. The number of fused-ring (bicyclic) bond motifs is 1. The fraction of sp³-hybridized carbons (Fsp3) is 0.519. The summed E-state index contributed by atoms with van der Waals surface area (Å²) in [5.41, 5.74) is -1.01. The number of hydrogen-bond acceptors (Lipinski definition) is 5. The molecule has 1 saturated heterocycles. The van der Waals surface area contributed by atoms with Crippen LogP contribution in [0.25, 0.3) is 15.9 Å². The van der Waals surface area contributed by atoms with Gasteiger partial charge in [0.05, 0.1) is 11.0 Å². The number of thiophene rings is 1. The van der Waals surface area contributed by atoms with Gasteiger partial charge in [0.15, 0.2) is 0 Å². The summed E-state index contributed by atoms with van der Waals surface area (Å²) in [7, 11) is 1.90. The summed E-state index contributed by atoms with van der Waals surface area (Å²) in [4.78, 5) is 19.8. The monoisotopic (exact) mass is 544 g/mol. The van der Waals surface area contributed by atoms with Crippen molar-refractivity contribution in [2.75, 3.05) is 13.1 Å². The zero-order valence-electron chi connectivity index (χ0n) is 21.7. The van der Waals surface area contributed by atoms with Gasteiger partial charge in [0.25, 0.3) is 5.56 Å². The van der Waals surface area contributed by atoms with E-state index in [0.29, 0.717) is 29.1 Å². The third-order valence-electron chi connectivity index (χ3n) is 8.13. The molecule has 2 aliphatic rings. The second-order valence-corrected chi connectivity index (χ2v) is 12.3. The molecule has 0 spiro atoms. The molecule has 11 heteroatoms. The number of halogens is 3. The van der Waals surface area contributed by atoms with E-state index in [2.05, 4.69) is 33.9 Å². The molecule has 1 aliphatic carbocycles. The standard InChI is InChI=1S/C27H31F3N6OS/c1-16-5-4-8-35(12-16)13-18-9-19-20(27(28,29)30)14-36(24(37)23(19)32-18)22-7-6-21(38-22)26(10-17(2)11-26)25-33-31-15-34(25)3/h6-7,9,14-17,32H,4-5,8,10-13H2,1-3H3/t16-,17?,26?/m0/s1. The molecule has 4 aromatic rings. The van der Waals surface area contributed by atoms with E-state index in [1.165, 1.54) is 17.4 Å². The molecule has 0 amide bonds. The molecule has 1 atom stereocenters. The molecule has 1 aliphatic heterocycles. The van der Waals surface area contributed by atoms with Gasteiger partial charge in [-0.2, -0.15) is 13.2 Å². The molecular formula is C27H31F3N6OS. The molecule has 0 bridgehead atoms. The highest BCUT2D eigenvalue weighted by Crippen LogP contribution is 2.53. The van der Waals surface area contributed by atoms with Gasteiger partial charge >= 0.3 is 6.18 Å². The van der Waals surface area contributed by atoms with Gasteiger partial charge in [-0.3, -0.25) is 14.3 Å². The first-order valence-corrected chi connectivity index (χ1v) is 13.9. The van der Waals surface area contributed by atoms with Crippen LogP contribution in [-0.4, -0.2) is 42.3 Å². The first-order chi connectivity index (χ1) is 18.0. The number of alkyl halides is 3. The number of aromatic amines is 1. The van der Waals surface area contributed by atoms with E-state index in [0.717, 1.165) is 60.2 Å². The van der Waals surface area contributed by atoms with Crippen molar-refractivity contribution in [2.24, 2.45) is 18.9 Å². The topological polar surface area (TPSA) is 71.7 Å². The predicted octanol–water partition coefficient (Wildman–Crippen LogP) is 5.48. The van der Waals surface area contributed by atoms with Crippen molar-refractivity contribution in [1.82, 2.24) is 29.2 Å². The fourth-order valence-electron chi connectivity index (χ4n) is 6.47. The minimum absolute atomic E-state index is 0.00452. The minimum Gasteiger partial charge on any atom is -0.353 e. The molecule has 2 fully saturated rings. The second kappa shape index (κ2) is 9.08. The van der Waals surface area contributed by atoms with Crippen LogP contribution in [0.2, 0.25) is 0 Å². The number of H-pyrrole nitrogens is 1. The second-order valence-electron chi connectivity index (χ2n) is 11.3. The third kappa shape index (κ3) is 4.20. The van der Waals surface area contributed by atoms with Crippen molar-refractivity contribution in [2.45, 2.75) is 57.7 Å². The smallest absolute Gasteiger partial charge is 0.353 e. The van der Waals surface area contributed by atoms with Gasteiger partial charge in [0.2, 0.25) is 0 Å². The number of nitrogens with one attached hydrogen (secondary N) is 1. The van der Waals surface area contributed by atoms with Crippen LogP contribution in [0.3, 0.4) is 0 Å². The van der Waals surface area contributed by atoms with E-state index in [4.69, 9.17) is 0 Å². The molecule has 4 aromatic heterocycles. The molecule has 38 heavy (non-hydrogen) atoms. The number of piperidine rings is 1. The van der Waals surface area contributed by atoms with Crippen molar-refractivity contribution in [1.29, 1.82) is 0 Å². The number of pyridine rings is 1. The Morgan fingerprint density at radius 3 is 2.66 bits per heavy atom. The van der Waals surface area contributed by atoms with Crippen molar-refractivity contribution >= 4 is 22.2 Å². The van der Waals surface area contributed by atoms with E-state index < -0.39 is 17.3 Å². The lowest BCUT2D eigenvalue weighted by Gasteiger charge is -2.44. The van der Waals surface area contributed by atoms with Crippen molar-refractivity contribution in [3.8, 4) is 5.00 Å². The molecule has 6 rings (SSSR count). The van der Waals surface area contributed by atoms with Crippen LogP contribution in [0.15, 0.2) is 35.5 Å². The Morgan fingerprint density at radius 2 is 2.00 bits per heavy atom. The SMILES string of the molecule is CC1CC(c2ccc(-n3cc(C(F)(F)F)c4cc(CN5CCC[C@H](C)C5)[nH]c4c3=O)s2)(c2nncn2C)C1. The van der Waals surface area contributed by atoms with E-state index >= 15 is 0 Å². The van der Waals surface area contributed by atoms with Crippen LogP contribution >= 0.6 is 11.3 Å². The van der Waals surface area contributed by atoms with Crippen LogP contribution in [0.5, 0.6) is 0 Å². The zero-order chi connectivity index (χ0) is 26.8. The Kier molecular flexibility index (Phi) is 6.06. The van der Waals surface area contributed by atoms with Gasteiger partial charge in [0.1, 0.15) is 22.7 Å². The summed E-state index contributed by atoms with van der Waals surface area (Å²) in [5.74, 6) is 1.88. The minimum atomic E-state index is -4.60. The van der Waals surface area contributed by atoms with Gasteiger partial charge in [-0.1, -0.05) is 13.8 Å². The summed E-state index contributed by atoms with van der Waals surface area (Å²) in [6, 6.07) is 5.16. The summed E-state index contributed by atoms with van der Waals surface area (Å²) in [6.45, 7) is 6.66. The van der Waals surface area contributed by atoms with E-state index in [1.807, 2.05) is 17.7 Å². The molecule has 202 valence electrons. The summed E-state index contributed by atoms with van der Waals surface area (Å²) in [6.07, 6.45) is 1.99. The Labute approximate surface area is 222 Å².